The summed E-state index contributed by atoms with van der Waals surface area (Å²) in [7, 11) is 0. The molecule has 0 amide bonds. The smallest absolute Gasteiger partial charge is 0.169 e. The van der Waals surface area contributed by atoms with Gasteiger partial charge in [0, 0.05) is 11.0 Å². The number of alkyl halides is 1. The van der Waals surface area contributed by atoms with Crippen molar-refractivity contribution in [2.24, 2.45) is 0 Å². The highest BCUT2D eigenvalue weighted by Gasteiger charge is 2.32. The third-order valence-corrected chi connectivity index (χ3v) is 4.35. The van der Waals surface area contributed by atoms with Gasteiger partial charge >= 0.3 is 0 Å². The van der Waals surface area contributed by atoms with Crippen LogP contribution in [0.25, 0.3) is 0 Å². The van der Waals surface area contributed by atoms with E-state index in [1.165, 1.54) is 5.56 Å². The third kappa shape index (κ3) is 2.30. The van der Waals surface area contributed by atoms with Gasteiger partial charge in [0.1, 0.15) is 16.9 Å². The van der Waals surface area contributed by atoms with Gasteiger partial charge in [-0.2, -0.15) is 0 Å². The van der Waals surface area contributed by atoms with Crippen molar-refractivity contribution in [2.45, 2.75) is 24.6 Å². The molecule has 0 radical (unpaired) electrons. The summed E-state index contributed by atoms with van der Waals surface area (Å²) < 4.78 is 11.9. The first kappa shape index (κ1) is 13.1. The monoisotopic (exact) mass is 340 g/mol. The van der Waals surface area contributed by atoms with E-state index in [4.69, 9.17) is 20.8 Å². The number of benzene rings is 1. The molecule has 0 spiro atoms. The maximum Gasteiger partial charge on any atom is 0.169 e. The van der Waals surface area contributed by atoms with Gasteiger partial charge in [-0.15, -0.1) is 11.6 Å². The molecule has 0 saturated carbocycles. The predicted molar refractivity (Wildman–Crippen MR) is 79.1 cm³/mol. The molecule has 1 aliphatic rings. The number of fused-ring (bicyclic) bond motifs is 1. The minimum Gasteiger partial charge on any atom is -0.492 e. The van der Waals surface area contributed by atoms with Crippen LogP contribution in [0.5, 0.6) is 5.75 Å². The normalized spacial score (nSPS) is 17.9. The molecular formula is C15H14BrClO2. The largest absolute Gasteiger partial charge is 0.492 e. The van der Waals surface area contributed by atoms with Gasteiger partial charge in [0.2, 0.25) is 0 Å². The lowest BCUT2D eigenvalue weighted by Gasteiger charge is -2.16. The zero-order valence-electron chi connectivity index (χ0n) is 10.7. The van der Waals surface area contributed by atoms with Crippen LogP contribution in [0, 0.1) is 0 Å². The number of furan rings is 1. The minimum absolute atomic E-state index is 0.0334. The van der Waals surface area contributed by atoms with Crippen LogP contribution in [-0.4, -0.2) is 6.61 Å². The lowest BCUT2D eigenvalue weighted by Crippen LogP contribution is -2.18. The molecule has 1 unspecified atom stereocenters. The standard InChI is InChI=1S/C15H14BrClO2/c1-15(2)8-18-11-4-3-9(7-10(11)15)14(17)12-5-6-13(16)19-12/h3-7,14H,8H2,1-2H3. The highest BCUT2D eigenvalue weighted by atomic mass is 79.9. The van der Waals surface area contributed by atoms with Crippen LogP contribution in [0.3, 0.4) is 0 Å². The molecule has 1 aromatic heterocycles. The Morgan fingerprint density at radius 1 is 1.26 bits per heavy atom. The molecule has 0 saturated heterocycles. The highest BCUT2D eigenvalue weighted by Crippen LogP contribution is 2.41. The molecule has 1 aliphatic heterocycles. The van der Waals surface area contributed by atoms with Crippen molar-refractivity contribution in [2.75, 3.05) is 6.61 Å². The number of hydrogen-bond donors (Lipinski definition) is 0. The first-order chi connectivity index (χ1) is 8.97. The van der Waals surface area contributed by atoms with Crippen molar-refractivity contribution in [3.63, 3.8) is 0 Å². The first-order valence-corrected chi connectivity index (χ1v) is 7.37. The molecule has 0 bridgehead atoms. The van der Waals surface area contributed by atoms with Gasteiger partial charge in [-0.05, 0) is 45.8 Å². The predicted octanol–water partition coefficient (Wildman–Crippen LogP) is 5.04. The van der Waals surface area contributed by atoms with Crippen LogP contribution in [0.4, 0.5) is 0 Å². The second kappa shape index (κ2) is 4.57. The quantitative estimate of drug-likeness (QED) is 0.714. The Labute approximate surface area is 125 Å². The summed E-state index contributed by atoms with van der Waals surface area (Å²) in [5.41, 5.74) is 2.27. The zero-order valence-corrected chi connectivity index (χ0v) is 13.1. The molecule has 2 nitrogen and oxygen atoms in total. The van der Waals surface area contributed by atoms with Gasteiger partial charge in [0.05, 0.1) is 6.61 Å². The van der Waals surface area contributed by atoms with E-state index >= 15 is 0 Å². The van der Waals surface area contributed by atoms with E-state index < -0.39 is 0 Å². The van der Waals surface area contributed by atoms with Gasteiger partial charge in [-0.3, -0.25) is 0 Å². The topological polar surface area (TPSA) is 22.4 Å². The van der Waals surface area contributed by atoms with Crippen molar-refractivity contribution in [3.8, 4) is 5.75 Å². The number of halogens is 2. The summed E-state index contributed by atoms with van der Waals surface area (Å²) in [5.74, 6) is 1.70. The second-order valence-electron chi connectivity index (χ2n) is 5.43. The average molecular weight is 342 g/mol. The molecule has 0 fully saturated rings. The van der Waals surface area contributed by atoms with Crippen LogP contribution in [0.15, 0.2) is 39.4 Å². The Morgan fingerprint density at radius 3 is 2.74 bits per heavy atom. The Hall–Kier alpha value is -0.930. The molecule has 0 aliphatic carbocycles. The Morgan fingerprint density at radius 2 is 2.05 bits per heavy atom. The molecule has 1 aromatic carbocycles. The number of hydrogen-bond acceptors (Lipinski definition) is 2. The highest BCUT2D eigenvalue weighted by molar-refractivity contribution is 9.10. The van der Waals surface area contributed by atoms with E-state index in [1.54, 1.807) is 0 Å². The molecule has 4 heteroatoms. The molecule has 100 valence electrons. The molecule has 3 rings (SSSR count). The van der Waals surface area contributed by atoms with Crippen molar-refractivity contribution < 1.29 is 9.15 Å². The van der Waals surface area contributed by atoms with E-state index in [2.05, 4.69) is 35.8 Å². The molecule has 2 aromatic rings. The summed E-state index contributed by atoms with van der Waals surface area (Å²) in [6.45, 7) is 5.07. The van der Waals surface area contributed by atoms with Crippen LogP contribution in [0.2, 0.25) is 0 Å². The maximum atomic E-state index is 6.48. The van der Waals surface area contributed by atoms with Gasteiger partial charge in [0.15, 0.2) is 4.67 Å². The van der Waals surface area contributed by atoms with Crippen molar-refractivity contribution in [3.05, 3.63) is 51.9 Å². The maximum absolute atomic E-state index is 6.48. The summed E-state index contributed by atoms with van der Waals surface area (Å²) >= 11 is 9.78. The van der Waals surface area contributed by atoms with Gasteiger partial charge in [-0.1, -0.05) is 19.9 Å². The fourth-order valence-corrected chi connectivity index (χ4v) is 2.90. The SMILES string of the molecule is CC1(C)COc2ccc(C(Cl)c3ccc(Br)o3)cc21. The van der Waals surface area contributed by atoms with Crippen LogP contribution in [-0.2, 0) is 5.41 Å². The van der Waals surface area contributed by atoms with Crippen molar-refractivity contribution >= 4 is 27.5 Å². The second-order valence-corrected chi connectivity index (χ2v) is 6.65. The lowest BCUT2D eigenvalue weighted by molar-refractivity contribution is 0.291. The number of rotatable bonds is 2. The minimum atomic E-state index is -0.284. The van der Waals surface area contributed by atoms with Gasteiger partial charge < -0.3 is 9.15 Å². The average Bonchev–Trinajstić information content (AvgIpc) is 2.93. The molecule has 0 N–H and O–H groups in total. The Balaban J connectivity index is 1.99. The fraction of sp³-hybridized carbons (Fsp3) is 0.333. The van der Waals surface area contributed by atoms with E-state index in [1.807, 2.05) is 24.3 Å². The molecule has 1 atom stereocenters. The zero-order chi connectivity index (χ0) is 13.6. The van der Waals surface area contributed by atoms with Crippen molar-refractivity contribution in [1.29, 1.82) is 0 Å². The summed E-state index contributed by atoms with van der Waals surface area (Å²) in [5, 5.41) is -0.284. The lowest BCUT2D eigenvalue weighted by atomic mass is 9.86. The fourth-order valence-electron chi connectivity index (χ4n) is 2.32. The Bertz CT molecular complexity index is 618. The molecular weight excluding hydrogens is 328 g/mol. The van der Waals surface area contributed by atoms with E-state index in [0.29, 0.717) is 11.3 Å². The van der Waals surface area contributed by atoms with E-state index in [9.17, 15) is 0 Å². The van der Waals surface area contributed by atoms with Gasteiger partial charge in [0.25, 0.3) is 0 Å². The molecule has 19 heavy (non-hydrogen) atoms. The Kier molecular flexibility index (Phi) is 3.14. The van der Waals surface area contributed by atoms with Crippen LogP contribution >= 0.6 is 27.5 Å². The summed E-state index contributed by atoms with van der Waals surface area (Å²) in [6, 6.07) is 9.85. The van der Waals surface area contributed by atoms with Crippen LogP contribution < -0.4 is 4.74 Å². The first-order valence-electron chi connectivity index (χ1n) is 6.14. The van der Waals surface area contributed by atoms with Crippen LogP contribution in [0.1, 0.15) is 36.1 Å². The van der Waals surface area contributed by atoms with Crippen molar-refractivity contribution in [1.82, 2.24) is 0 Å². The molecule has 2 heterocycles. The van der Waals surface area contributed by atoms with E-state index in [0.717, 1.165) is 17.1 Å². The third-order valence-electron chi connectivity index (χ3n) is 3.46. The number of ether oxygens (including phenoxy) is 1. The van der Waals surface area contributed by atoms with Gasteiger partial charge in [-0.25, -0.2) is 0 Å². The summed E-state index contributed by atoms with van der Waals surface area (Å²) in [4.78, 5) is 0. The van der Waals surface area contributed by atoms with E-state index in [-0.39, 0.29) is 10.8 Å². The summed E-state index contributed by atoms with van der Waals surface area (Å²) in [6.07, 6.45) is 0.